The molecular weight excluding hydrogens is 332 g/mol. The summed E-state index contributed by atoms with van der Waals surface area (Å²) in [6.45, 7) is 13.2. The van der Waals surface area contributed by atoms with E-state index in [2.05, 4.69) is 13.8 Å². The number of carbonyl (C=O) groups is 1. The molecule has 0 aliphatic carbocycles. The summed E-state index contributed by atoms with van der Waals surface area (Å²) in [4.78, 5) is 10.8. The van der Waals surface area contributed by atoms with Gasteiger partial charge in [-0.2, -0.15) is 0 Å². The van der Waals surface area contributed by atoms with Crippen LogP contribution in [-0.4, -0.2) is 42.3 Å². The van der Waals surface area contributed by atoms with Gasteiger partial charge in [-0.15, -0.1) is 0 Å². The highest BCUT2D eigenvalue weighted by atomic mass is 16.6. The minimum absolute atomic E-state index is 0.0336. The third-order valence-electron chi connectivity index (χ3n) is 5.34. The fourth-order valence-corrected chi connectivity index (χ4v) is 3.07. The van der Waals surface area contributed by atoms with Gasteiger partial charge >= 0.3 is 5.97 Å². The first-order valence-corrected chi connectivity index (χ1v) is 10.3. The molecule has 1 N–H and O–H groups in total. The number of cyclic esters (lactones) is 1. The molecule has 7 unspecified atom stereocenters. The lowest BCUT2D eigenvalue weighted by molar-refractivity contribution is -0.184. The quantitative estimate of drug-likeness (QED) is 0.642. The summed E-state index contributed by atoms with van der Waals surface area (Å²) < 4.78 is 15.5. The van der Waals surface area contributed by atoms with E-state index in [0.717, 1.165) is 38.2 Å². The SMILES string of the molecule is CC1CCC(C)C(=O)O1.CC1CCC(C)C(O)O1.CC1CCC(C)OC1. The molecule has 0 saturated carbocycles. The summed E-state index contributed by atoms with van der Waals surface area (Å²) in [5.41, 5.74) is 0. The van der Waals surface area contributed by atoms with Crippen LogP contribution in [0.2, 0.25) is 0 Å². The van der Waals surface area contributed by atoms with E-state index in [1.807, 2.05) is 27.7 Å². The molecule has 3 aliphatic heterocycles. The monoisotopic (exact) mass is 372 g/mol. The highest BCUT2D eigenvalue weighted by Gasteiger charge is 2.24. The van der Waals surface area contributed by atoms with E-state index in [1.165, 1.54) is 12.8 Å². The molecule has 0 spiro atoms. The molecule has 26 heavy (non-hydrogen) atoms. The van der Waals surface area contributed by atoms with Gasteiger partial charge in [0.1, 0.15) is 0 Å². The molecule has 7 atom stereocenters. The van der Waals surface area contributed by atoms with Crippen molar-refractivity contribution < 1.29 is 24.1 Å². The Kier molecular flexibility index (Phi) is 10.7. The van der Waals surface area contributed by atoms with Gasteiger partial charge in [-0.1, -0.05) is 20.8 Å². The van der Waals surface area contributed by atoms with Gasteiger partial charge in [0.25, 0.3) is 0 Å². The highest BCUT2D eigenvalue weighted by Crippen LogP contribution is 2.22. The van der Waals surface area contributed by atoms with Crippen molar-refractivity contribution in [2.45, 2.75) is 105 Å². The lowest BCUT2D eigenvalue weighted by atomic mass is 10.00. The average molecular weight is 373 g/mol. The van der Waals surface area contributed by atoms with Crippen LogP contribution in [-0.2, 0) is 19.0 Å². The van der Waals surface area contributed by atoms with Crippen molar-refractivity contribution in [3.05, 3.63) is 0 Å². The van der Waals surface area contributed by atoms with Crippen molar-refractivity contribution in [2.75, 3.05) is 6.61 Å². The third kappa shape index (κ3) is 9.33. The lowest BCUT2D eigenvalue weighted by Crippen LogP contribution is -2.31. The van der Waals surface area contributed by atoms with E-state index in [1.54, 1.807) is 0 Å². The smallest absolute Gasteiger partial charge is 0.308 e. The maximum atomic E-state index is 10.8. The molecule has 3 aliphatic rings. The largest absolute Gasteiger partial charge is 0.462 e. The fourth-order valence-electron chi connectivity index (χ4n) is 3.07. The summed E-state index contributed by atoms with van der Waals surface area (Å²) in [5.74, 6) is 1.21. The number of hydrogen-bond acceptors (Lipinski definition) is 5. The number of rotatable bonds is 0. The Morgan fingerprint density at radius 2 is 1.42 bits per heavy atom. The van der Waals surface area contributed by atoms with Crippen LogP contribution in [0.4, 0.5) is 0 Å². The van der Waals surface area contributed by atoms with Crippen LogP contribution in [0.3, 0.4) is 0 Å². The van der Waals surface area contributed by atoms with Gasteiger partial charge in [0, 0.05) is 12.5 Å². The molecule has 0 bridgehead atoms. The van der Waals surface area contributed by atoms with Crippen molar-refractivity contribution in [1.82, 2.24) is 0 Å². The normalized spacial score (nSPS) is 40.3. The Hall–Kier alpha value is -0.650. The molecule has 3 rings (SSSR count). The van der Waals surface area contributed by atoms with Crippen LogP contribution in [0.1, 0.15) is 80.1 Å². The zero-order chi connectivity index (χ0) is 19.7. The Morgan fingerprint density at radius 3 is 1.85 bits per heavy atom. The van der Waals surface area contributed by atoms with E-state index < -0.39 is 6.29 Å². The number of aliphatic hydroxyl groups is 1. The van der Waals surface area contributed by atoms with Crippen LogP contribution < -0.4 is 0 Å². The minimum atomic E-state index is -0.520. The first kappa shape index (κ1) is 23.4. The summed E-state index contributed by atoms with van der Waals surface area (Å²) in [7, 11) is 0. The van der Waals surface area contributed by atoms with Crippen molar-refractivity contribution in [3.8, 4) is 0 Å². The van der Waals surface area contributed by atoms with Gasteiger partial charge in [0.15, 0.2) is 6.29 Å². The minimum Gasteiger partial charge on any atom is -0.462 e. The van der Waals surface area contributed by atoms with Crippen molar-refractivity contribution in [3.63, 3.8) is 0 Å². The van der Waals surface area contributed by atoms with Crippen LogP contribution in [0, 0.1) is 17.8 Å². The number of carbonyl (C=O) groups excluding carboxylic acids is 1. The van der Waals surface area contributed by atoms with Crippen molar-refractivity contribution in [1.29, 1.82) is 0 Å². The van der Waals surface area contributed by atoms with Crippen LogP contribution in [0.25, 0.3) is 0 Å². The molecule has 3 heterocycles. The van der Waals surface area contributed by atoms with E-state index in [-0.39, 0.29) is 24.1 Å². The van der Waals surface area contributed by atoms with Crippen molar-refractivity contribution in [2.24, 2.45) is 17.8 Å². The zero-order valence-corrected chi connectivity index (χ0v) is 17.6. The van der Waals surface area contributed by atoms with E-state index in [0.29, 0.717) is 12.0 Å². The average Bonchev–Trinajstić information content (AvgIpc) is 2.59. The molecule has 0 radical (unpaired) electrons. The van der Waals surface area contributed by atoms with E-state index in [4.69, 9.17) is 19.3 Å². The highest BCUT2D eigenvalue weighted by molar-refractivity contribution is 5.72. The number of hydrogen-bond donors (Lipinski definition) is 1. The van der Waals surface area contributed by atoms with Gasteiger partial charge in [0.05, 0.1) is 24.2 Å². The summed E-state index contributed by atoms with van der Waals surface area (Å²) in [6.07, 6.45) is 7.17. The van der Waals surface area contributed by atoms with Gasteiger partial charge in [-0.05, 0) is 65.2 Å². The molecule has 3 saturated heterocycles. The summed E-state index contributed by atoms with van der Waals surface area (Å²) >= 11 is 0. The molecule has 5 heteroatoms. The second kappa shape index (κ2) is 11.9. The Morgan fingerprint density at radius 1 is 0.808 bits per heavy atom. The molecule has 154 valence electrons. The van der Waals surface area contributed by atoms with Crippen LogP contribution in [0.5, 0.6) is 0 Å². The summed E-state index contributed by atoms with van der Waals surface area (Å²) in [5, 5.41) is 9.13. The second-order valence-corrected chi connectivity index (χ2v) is 8.44. The third-order valence-corrected chi connectivity index (χ3v) is 5.34. The van der Waals surface area contributed by atoms with Crippen molar-refractivity contribution >= 4 is 5.97 Å². The topological polar surface area (TPSA) is 65.0 Å². The molecule has 0 aromatic rings. The Labute approximate surface area is 159 Å². The predicted octanol–water partition coefficient (Wildman–Crippen LogP) is 4.31. The maximum absolute atomic E-state index is 10.8. The molecule has 5 nitrogen and oxygen atoms in total. The molecule has 0 aromatic carbocycles. The van der Waals surface area contributed by atoms with E-state index in [9.17, 15) is 4.79 Å². The molecular formula is C21H40O5. The zero-order valence-electron chi connectivity index (χ0n) is 17.6. The second-order valence-electron chi connectivity index (χ2n) is 8.44. The lowest BCUT2D eigenvalue weighted by Gasteiger charge is -2.29. The summed E-state index contributed by atoms with van der Waals surface area (Å²) in [6, 6.07) is 0. The molecule has 3 fully saturated rings. The van der Waals surface area contributed by atoms with Gasteiger partial charge < -0.3 is 19.3 Å². The number of esters is 1. The standard InChI is InChI=1S/C7H14O2.C7H12O2.C7H14O/c2*1-5-3-4-6(2)9-7(5)8;1-6-3-4-7(2)8-5-6/h5-8H,3-4H2,1-2H3;5-6H,3-4H2,1-2H3;6-7H,3-5H2,1-2H3. The van der Waals surface area contributed by atoms with Gasteiger partial charge in [-0.25, -0.2) is 0 Å². The van der Waals surface area contributed by atoms with Gasteiger partial charge in [-0.3, -0.25) is 4.79 Å². The predicted molar refractivity (Wildman–Crippen MR) is 103 cm³/mol. The first-order valence-electron chi connectivity index (χ1n) is 10.3. The molecule has 0 aromatic heterocycles. The first-order chi connectivity index (χ1) is 12.2. The fraction of sp³-hybridized carbons (Fsp3) is 0.952. The van der Waals surface area contributed by atoms with Crippen LogP contribution in [0.15, 0.2) is 0 Å². The van der Waals surface area contributed by atoms with Gasteiger partial charge in [0.2, 0.25) is 0 Å². The molecule has 0 amide bonds. The van der Waals surface area contributed by atoms with E-state index >= 15 is 0 Å². The Bertz CT molecular complexity index is 382. The number of aliphatic hydroxyl groups excluding tert-OH is 1. The maximum Gasteiger partial charge on any atom is 0.308 e. The number of ether oxygens (including phenoxy) is 3. The van der Waals surface area contributed by atoms with Crippen LogP contribution >= 0.6 is 0 Å². The Balaban J connectivity index is 0.000000195.